The minimum Gasteiger partial charge on any atom is -0.395 e. The van der Waals surface area contributed by atoms with Crippen LogP contribution in [0.2, 0.25) is 18.6 Å². The molecule has 9 nitrogen and oxygen atoms in total. The van der Waals surface area contributed by atoms with Crippen molar-refractivity contribution in [3.8, 4) is 0 Å². The van der Waals surface area contributed by atoms with E-state index in [1.54, 1.807) is 22.7 Å². The second-order valence-electron chi connectivity index (χ2n) is 14.9. The number of carbonyl (C=O) groups is 2. The van der Waals surface area contributed by atoms with E-state index in [0.717, 1.165) is 53.7 Å². The van der Waals surface area contributed by atoms with Gasteiger partial charge in [-0.25, -0.2) is 0 Å². The molecule has 1 unspecified atom stereocenters. The fourth-order valence-corrected chi connectivity index (χ4v) is 11.3. The number of anilines is 2. The lowest BCUT2D eigenvalue weighted by Gasteiger charge is -2.31. The van der Waals surface area contributed by atoms with Crippen LogP contribution in [0.25, 0.3) is 0 Å². The summed E-state index contributed by atoms with van der Waals surface area (Å²) >= 11 is 0. The number of carbonyl (C=O) groups excluding carboxylic acids is 2. The smallest absolute Gasteiger partial charge is 0.264 e. The van der Waals surface area contributed by atoms with Crippen molar-refractivity contribution in [3.63, 3.8) is 0 Å². The highest BCUT2D eigenvalue weighted by molar-refractivity contribution is 6.72. The molecule has 3 aliphatic heterocycles. The predicted molar refractivity (Wildman–Crippen MR) is 198 cm³/mol. The molecule has 3 aromatic carbocycles. The molecule has 2 fully saturated rings. The number of aliphatic hydroxyl groups is 1. The molecule has 0 bridgehead atoms. The number of halogens is 1. The maximum absolute atomic E-state index is 16.4. The molecule has 5 atom stereocenters. The zero-order valence-corrected chi connectivity index (χ0v) is 30.7. The summed E-state index contributed by atoms with van der Waals surface area (Å²) in [6, 6.07) is 25.4. The Bertz CT molecular complexity index is 1860. The summed E-state index contributed by atoms with van der Waals surface area (Å²) < 4.78 is 25.1. The van der Waals surface area contributed by atoms with Gasteiger partial charge in [-0.3, -0.25) is 14.3 Å². The first-order chi connectivity index (χ1) is 24.6. The number of para-hydroxylation sites is 1. The average molecular weight is 710 g/mol. The molecule has 2 amide bonds. The van der Waals surface area contributed by atoms with Crippen molar-refractivity contribution in [2.75, 3.05) is 23.0 Å². The molecule has 4 heterocycles. The lowest BCUT2D eigenvalue weighted by atomic mass is 9.82. The number of rotatable bonds is 10. The number of aryl methyl sites for hydroxylation is 1. The van der Waals surface area contributed by atoms with Gasteiger partial charge in [0.25, 0.3) is 5.91 Å². The normalized spacial score (nSPS) is 24.5. The number of hydrogen-bond donors (Lipinski definition) is 1. The van der Waals surface area contributed by atoms with E-state index in [9.17, 15) is 14.7 Å². The van der Waals surface area contributed by atoms with Crippen LogP contribution in [0.3, 0.4) is 0 Å². The molecule has 1 spiro atoms. The Labute approximate surface area is 300 Å². The Hall–Kier alpha value is -4.19. The highest BCUT2D eigenvalue weighted by Crippen LogP contribution is 2.60. The van der Waals surface area contributed by atoms with Crippen LogP contribution in [0.15, 0.2) is 85.1 Å². The topological polar surface area (TPSA) is 101 Å². The Morgan fingerprint density at radius 3 is 2.55 bits per heavy atom. The zero-order valence-electron chi connectivity index (χ0n) is 29.7. The molecule has 0 saturated carbocycles. The van der Waals surface area contributed by atoms with Gasteiger partial charge in [0.15, 0.2) is 5.60 Å². The number of hydrogen-bond acceptors (Lipinski definition) is 6. The molecular weight excluding hydrogens is 662 g/mol. The monoisotopic (exact) mass is 709 g/mol. The summed E-state index contributed by atoms with van der Waals surface area (Å²) in [5.74, 6) is -0.736. The van der Waals surface area contributed by atoms with E-state index in [0.29, 0.717) is 38.2 Å². The van der Waals surface area contributed by atoms with Gasteiger partial charge in [-0.2, -0.15) is 0 Å². The Balaban J connectivity index is 1.14. The van der Waals surface area contributed by atoms with Gasteiger partial charge in [0, 0.05) is 48.4 Å². The molecule has 0 aliphatic carbocycles. The lowest BCUT2D eigenvalue weighted by molar-refractivity contribution is -0.146. The number of fused-ring (bicyclic) bond motifs is 2. The van der Waals surface area contributed by atoms with Crippen molar-refractivity contribution < 1.29 is 23.5 Å². The first kappa shape index (κ1) is 35.2. The first-order valence-corrected chi connectivity index (χ1v) is 21.3. The lowest BCUT2D eigenvalue weighted by Crippen LogP contribution is -2.45. The third-order valence-corrected chi connectivity index (χ3v) is 13.7. The summed E-state index contributed by atoms with van der Waals surface area (Å²) in [5.41, 5.74) is 3.18. The summed E-state index contributed by atoms with van der Waals surface area (Å²) in [6.07, 6.45) is 6.40. The minimum absolute atomic E-state index is 0.100. The largest absolute Gasteiger partial charge is 0.395 e. The van der Waals surface area contributed by atoms with Crippen LogP contribution in [0, 0.1) is 5.92 Å². The van der Waals surface area contributed by atoms with Crippen LogP contribution in [-0.4, -0.2) is 59.6 Å². The fourth-order valence-electron chi connectivity index (χ4n) is 8.76. The van der Waals surface area contributed by atoms with Crippen LogP contribution in [0.4, 0.5) is 15.5 Å². The van der Waals surface area contributed by atoms with Gasteiger partial charge in [0.1, 0.15) is 0 Å². The van der Waals surface area contributed by atoms with Crippen molar-refractivity contribution in [1.82, 2.24) is 15.0 Å². The number of ether oxygens (including phenoxy) is 1. The predicted octanol–water partition coefficient (Wildman–Crippen LogP) is 7.11. The summed E-state index contributed by atoms with van der Waals surface area (Å²) in [5, 5.41) is 18.9. The third-order valence-electron chi connectivity index (χ3n) is 11.2. The number of nitrogens with zero attached hydrogens (tertiary/aromatic N) is 5. The van der Waals surface area contributed by atoms with Crippen molar-refractivity contribution in [2.45, 2.75) is 94.8 Å². The van der Waals surface area contributed by atoms with Crippen molar-refractivity contribution in [1.29, 1.82) is 0 Å². The molecule has 7 rings (SSSR count). The first-order valence-electron chi connectivity index (χ1n) is 18.3. The van der Waals surface area contributed by atoms with Gasteiger partial charge in [0.2, 0.25) is 14.3 Å². The molecule has 1 N–H and O–H groups in total. The second-order valence-corrected chi connectivity index (χ2v) is 18.7. The standard InChI is InChI=1S/C40H48FN5O4Si/c1-28-38(51(2,3)41)36(21-23-44-26-34(42-43-44)32(27-47)30-15-7-6-8-16-30)50-40(28)33-18-10-11-19-35(33)46(39(40)49)25-29-14-13-17-31(24-29)45-22-12-5-4-9-20-37(45)48/h6-8,10-11,13-19,24,26,28,32,36,38,47H,4-5,9,12,20-23,25,27H2,1-3H3/t28-,32?,36+,38-,40+/m0/s1. The third kappa shape index (κ3) is 6.67. The van der Waals surface area contributed by atoms with Crippen LogP contribution >= 0.6 is 0 Å². The summed E-state index contributed by atoms with van der Waals surface area (Å²) in [7, 11) is -3.34. The van der Waals surface area contributed by atoms with E-state index in [4.69, 9.17) is 4.74 Å². The van der Waals surface area contributed by atoms with Gasteiger partial charge in [-0.1, -0.05) is 85.6 Å². The fraction of sp³-hybridized carbons (Fsp3) is 0.450. The molecule has 11 heteroatoms. The summed E-state index contributed by atoms with van der Waals surface area (Å²) in [6.45, 7) is 6.73. The molecule has 51 heavy (non-hydrogen) atoms. The van der Waals surface area contributed by atoms with Crippen molar-refractivity contribution in [2.24, 2.45) is 5.92 Å². The molecule has 0 radical (unpaired) electrons. The molecule has 4 aromatic rings. The van der Waals surface area contributed by atoms with Crippen molar-refractivity contribution in [3.05, 3.63) is 107 Å². The van der Waals surface area contributed by atoms with Gasteiger partial charge in [0.05, 0.1) is 36.6 Å². The maximum atomic E-state index is 16.4. The van der Waals surface area contributed by atoms with Crippen LogP contribution in [0.5, 0.6) is 0 Å². The number of aromatic nitrogens is 3. The van der Waals surface area contributed by atoms with E-state index < -0.39 is 31.6 Å². The quantitative estimate of drug-likeness (QED) is 0.139. The number of benzene rings is 3. The van der Waals surface area contributed by atoms with E-state index >= 15 is 4.11 Å². The molecule has 1 aromatic heterocycles. The SMILES string of the molecule is C[C@H]1[C@H]([Si](C)(C)F)[C@@H](CCn2cc(C(CO)c3ccccc3)nn2)O[C@]12C(=O)N(Cc1cccc(N3CCCCCCC3=O)c1)c1ccccc12. The molecule has 2 saturated heterocycles. The highest BCUT2D eigenvalue weighted by Gasteiger charge is 2.66. The van der Waals surface area contributed by atoms with Crippen LogP contribution in [0.1, 0.15) is 73.8 Å². The van der Waals surface area contributed by atoms with Crippen LogP contribution < -0.4 is 9.80 Å². The average Bonchev–Trinajstić information content (AvgIpc) is 3.77. The van der Waals surface area contributed by atoms with E-state index in [1.807, 2.05) is 96.9 Å². The van der Waals surface area contributed by atoms with Crippen LogP contribution in [-0.2, 0) is 33.0 Å². The second kappa shape index (κ2) is 14.4. The van der Waals surface area contributed by atoms with Gasteiger partial charge in [-0.05, 0) is 61.7 Å². The Kier molecular flexibility index (Phi) is 9.97. The van der Waals surface area contributed by atoms with Gasteiger partial charge in [-0.15, -0.1) is 5.10 Å². The highest BCUT2D eigenvalue weighted by atomic mass is 28.4. The Morgan fingerprint density at radius 1 is 1.00 bits per heavy atom. The molecule has 268 valence electrons. The van der Waals surface area contributed by atoms with E-state index in [-0.39, 0.29) is 24.3 Å². The Morgan fingerprint density at radius 2 is 1.76 bits per heavy atom. The van der Waals surface area contributed by atoms with Crippen molar-refractivity contribution >= 4 is 31.6 Å². The van der Waals surface area contributed by atoms with Gasteiger partial charge >= 0.3 is 0 Å². The van der Waals surface area contributed by atoms with E-state index in [2.05, 4.69) is 10.3 Å². The zero-order chi connectivity index (χ0) is 35.8. The molecular formula is C40H48FN5O4Si. The minimum atomic E-state index is -3.34. The number of aliphatic hydroxyl groups excluding tert-OH is 1. The number of amides is 2. The molecule has 3 aliphatic rings. The maximum Gasteiger partial charge on any atom is 0.264 e. The van der Waals surface area contributed by atoms with Gasteiger partial charge < -0.3 is 23.8 Å². The van der Waals surface area contributed by atoms with E-state index in [1.165, 1.54) is 0 Å². The summed E-state index contributed by atoms with van der Waals surface area (Å²) in [4.78, 5) is 31.5.